The van der Waals surface area contributed by atoms with E-state index in [1.165, 1.54) is 17.8 Å². The Kier molecular flexibility index (Phi) is 6.51. The number of piperazine rings is 1. The molecule has 8 heteroatoms. The summed E-state index contributed by atoms with van der Waals surface area (Å²) in [5.41, 5.74) is 7.34. The molecule has 1 aromatic heterocycles. The molecule has 0 amide bonds. The summed E-state index contributed by atoms with van der Waals surface area (Å²) >= 11 is 1.49. The van der Waals surface area contributed by atoms with Crippen molar-refractivity contribution in [2.45, 2.75) is 30.2 Å². The van der Waals surface area contributed by atoms with E-state index in [-0.39, 0.29) is 11.5 Å². The Morgan fingerprint density at radius 1 is 1.14 bits per heavy atom. The van der Waals surface area contributed by atoms with Gasteiger partial charge in [0.25, 0.3) is 5.92 Å². The first kappa shape index (κ1) is 20.5. The van der Waals surface area contributed by atoms with Gasteiger partial charge >= 0.3 is 0 Å². The van der Waals surface area contributed by atoms with Crippen molar-refractivity contribution >= 4 is 17.7 Å². The predicted molar refractivity (Wildman–Crippen MR) is 109 cm³/mol. The molecule has 3 N–H and O–H groups in total. The van der Waals surface area contributed by atoms with Crippen LogP contribution in [0, 0.1) is 5.41 Å². The molecule has 0 aliphatic carbocycles. The number of hydrogen-bond donors (Lipinski definition) is 2. The number of hydrogen-bond acceptors (Lipinski definition) is 4. The number of rotatable bonds is 6. The molecule has 0 radical (unpaired) electrons. The summed E-state index contributed by atoms with van der Waals surface area (Å²) in [5.74, 6) is -2.30. The van der Waals surface area contributed by atoms with Crippen LogP contribution in [0.3, 0.4) is 0 Å². The summed E-state index contributed by atoms with van der Waals surface area (Å²) in [4.78, 5) is 8.64. The maximum Gasteiger partial charge on any atom is 0.270 e. The van der Waals surface area contributed by atoms with Gasteiger partial charge in [0.2, 0.25) is 0 Å². The molecule has 28 heavy (non-hydrogen) atoms. The second-order valence-electron chi connectivity index (χ2n) is 6.95. The van der Waals surface area contributed by atoms with E-state index in [1.54, 1.807) is 24.4 Å². The Hall–Kier alpha value is -2.19. The van der Waals surface area contributed by atoms with Gasteiger partial charge in [-0.15, -0.1) is 11.8 Å². The molecule has 0 bridgehead atoms. The molecule has 2 aromatic rings. The van der Waals surface area contributed by atoms with Crippen molar-refractivity contribution in [1.29, 1.82) is 5.41 Å². The number of guanidine groups is 1. The van der Waals surface area contributed by atoms with Crippen molar-refractivity contribution in [1.82, 2.24) is 14.8 Å². The van der Waals surface area contributed by atoms with Gasteiger partial charge in [0.1, 0.15) is 5.03 Å². The maximum atomic E-state index is 13.9. The van der Waals surface area contributed by atoms with Crippen molar-refractivity contribution in [2.24, 2.45) is 5.73 Å². The zero-order valence-corrected chi connectivity index (χ0v) is 16.7. The van der Waals surface area contributed by atoms with Gasteiger partial charge in [0, 0.05) is 57.2 Å². The van der Waals surface area contributed by atoms with E-state index in [4.69, 9.17) is 11.1 Å². The highest BCUT2D eigenvalue weighted by molar-refractivity contribution is 7.98. The Morgan fingerprint density at radius 3 is 2.50 bits per heavy atom. The molecule has 0 saturated carbocycles. The molecule has 0 spiro atoms. The summed E-state index contributed by atoms with van der Waals surface area (Å²) in [6.07, 6.45) is 1.74. The highest BCUT2D eigenvalue weighted by Crippen LogP contribution is 2.33. The molecule has 0 unspecified atom stereocenters. The summed E-state index contributed by atoms with van der Waals surface area (Å²) in [5, 5.41) is 8.39. The number of nitrogens with one attached hydrogen (secondary N) is 1. The average molecular weight is 406 g/mol. The van der Waals surface area contributed by atoms with Crippen LogP contribution in [0.5, 0.6) is 0 Å². The Morgan fingerprint density at radius 2 is 1.82 bits per heavy atom. The van der Waals surface area contributed by atoms with Crippen LogP contribution < -0.4 is 5.73 Å². The van der Waals surface area contributed by atoms with Gasteiger partial charge in [-0.05, 0) is 17.2 Å². The van der Waals surface area contributed by atoms with Crippen LogP contribution in [0.15, 0.2) is 47.6 Å². The number of halogens is 2. The van der Waals surface area contributed by atoms with Crippen molar-refractivity contribution in [3.63, 3.8) is 0 Å². The monoisotopic (exact) mass is 405 g/mol. The third-order valence-corrected chi connectivity index (χ3v) is 5.91. The van der Waals surface area contributed by atoms with Gasteiger partial charge in [-0.2, -0.15) is 0 Å². The van der Waals surface area contributed by atoms with E-state index in [0.29, 0.717) is 11.3 Å². The van der Waals surface area contributed by atoms with Crippen LogP contribution in [0.2, 0.25) is 0 Å². The fraction of sp³-hybridized carbons (Fsp3) is 0.400. The normalized spacial score (nSPS) is 15.6. The van der Waals surface area contributed by atoms with Gasteiger partial charge in [-0.3, -0.25) is 10.3 Å². The molecule has 0 atom stereocenters. The van der Waals surface area contributed by atoms with Crippen molar-refractivity contribution < 1.29 is 8.78 Å². The molecule has 150 valence electrons. The minimum Gasteiger partial charge on any atom is -0.370 e. The molecular formula is C20H25F2N5S. The Bertz CT molecular complexity index is 816. The molecule has 3 rings (SSSR count). The molecule has 1 saturated heterocycles. The van der Waals surface area contributed by atoms with Gasteiger partial charge < -0.3 is 10.6 Å². The maximum absolute atomic E-state index is 13.9. The fourth-order valence-corrected chi connectivity index (χ4v) is 4.28. The quantitative estimate of drug-likeness (QED) is 0.437. The van der Waals surface area contributed by atoms with Crippen LogP contribution in [0.4, 0.5) is 8.78 Å². The lowest BCUT2D eigenvalue weighted by molar-refractivity contribution is 0.0168. The van der Waals surface area contributed by atoms with Crippen LogP contribution in [-0.4, -0.2) is 46.9 Å². The second kappa shape index (κ2) is 8.87. The number of nitrogens with zero attached hydrogens (tertiary/aromatic N) is 3. The molecule has 1 fully saturated rings. The third-order valence-electron chi connectivity index (χ3n) is 4.81. The Balaban J connectivity index is 1.66. The second-order valence-corrected chi connectivity index (χ2v) is 7.91. The van der Waals surface area contributed by atoms with Crippen LogP contribution in [0.25, 0.3) is 0 Å². The zero-order valence-electron chi connectivity index (χ0n) is 15.9. The summed E-state index contributed by atoms with van der Waals surface area (Å²) < 4.78 is 27.7. The van der Waals surface area contributed by atoms with Gasteiger partial charge in [0.05, 0.1) is 0 Å². The number of benzene rings is 1. The van der Waals surface area contributed by atoms with E-state index in [9.17, 15) is 8.78 Å². The molecular weight excluding hydrogens is 380 g/mol. The predicted octanol–water partition coefficient (Wildman–Crippen LogP) is 3.50. The molecule has 1 aromatic carbocycles. The first-order chi connectivity index (χ1) is 13.3. The smallest absolute Gasteiger partial charge is 0.270 e. The van der Waals surface area contributed by atoms with Crippen molar-refractivity contribution in [3.05, 3.63) is 59.3 Å². The summed E-state index contributed by atoms with van der Waals surface area (Å²) in [6, 6.07) is 10.6. The van der Waals surface area contributed by atoms with E-state index in [2.05, 4.69) is 9.88 Å². The number of alkyl halides is 2. The van der Waals surface area contributed by atoms with Crippen molar-refractivity contribution in [3.8, 4) is 0 Å². The lowest BCUT2D eigenvalue weighted by Crippen LogP contribution is -2.50. The van der Waals surface area contributed by atoms with Gasteiger partial charge in [-0.25, -0.2) is 13.8 Å². The first-order valence-corrected chi connectivity index (χ1v) is 10.2. The van der Waals surface area contributed by atoms with E-state index in [0.717, 1.165) is 50.2 Å². The minimum atomic E-state index is -2.86. The zero-order chi connectivity index (χ0) is 20.1. The fourth-order valence-electron chi connectivity index (χ4n) is 3.28. The van der Waals surface area contributed by atoms with Gasteiger partial charge in [-0.1, -0.05) is 30.3 Å². The minimum absolute atomic E-state index is 0.0698. The third kappa shape index (κ3) is 5.20. The average Bonchev–Trinajstić information content (AvgIpc) is 2.67. The standard InChI is InChI=1S/C20H25F2N5S/c1-20(21,22)17-7-3-2-5-16(17)14-28-18-15(6-4-8-25-18)13-26-9-11-27(12-10-26)19(23)24/h2-8H,9-14H2,1H3,(H3,23,24). The first-order valence-electron chi connectivity index (χ1n) is 9.19. The lowest BCUT2D eigenvalue weighted by atomic mass is 10.0. The van der Waals surface area contributed by atoms with Crippen LogP contribution >= 0.6 is 11.8 Å². The largest absolute Gasteiger partial charge is 0.370 e. The topological polar surface area (TPSA) is 69.2 Å². The molecule has 2 heterocycles. The SMILES string of the molecule is CC(F)(F)c1ccccc1CSc1ncccc1CN1CCN(C(=N)N)CC1. The highest BCUT2D eigenvalue weighted by Gasteiger charge is 2.27. The van der Waals surface area contributed by atoms with E-state index >= 15 is 0 Å². The lowest BCUT2D eigenvalue weighted by Gasteiger charge is -2.35. The van der Waals surface area contributed by atoms with Crippen LogP contribution in [0.1, 0.15) is 23.6 Å². The number of thioether (sulfide) groups is 1. The number of nitrogens with two attached hydrogens (primary N) is 1. The van der Waals surface area contributed by atoms with Crippen molar-refractivity contribution in [2.75, 3.05) is 26.2 Å². The molecule has 1 aliphatic heterocycles. The number of pyridine rings is 1. The van der Waals surface area contributed by atoms with E-state index < -0.39 is 5.92 Å². The molecule has 1 aliphatic rings. The number of aromatic nitrogens is 1. The van der Waals surface area contributed by atoms with E-state index in [1.807, 2.05) is 17.0 Å². The summed E-state index contributed by atoms with van der Waals surface area (Å²) in [6.45, 7) is 4.79. The highest BCUT2D eigenvalue weighted by atomic mass is 32.2. The van der Waals surface area contributed by atoms with Crippen LogP contribution in [-0.2, 0) is 18.2 Å². The Labute approximate surface area is 168 Å². The van der Waals surface area contributed by atoms with Gasteiger partial charge in [0.15, 0.2) is 5.96 Å². The molecule has 5 nitrogen and oxygen atoms in total. The summed E-state index contributed by atoms with van der Waals surface area (Å²) in [7, 11) is 0.